The van der Waals surface area contributed by atoms with E-state index in [0.717, 1.165) is 24.5 Å². The molecule has 0 amide bonds. The van der Waals surface area contributed by atoms with Gasteiger partial charge in [0.15, 0.2) is 5.84 Å². The summed E-state index contributed by atoms with van der Waals surface area (Å²) in [6.07, 6.45) is 6.62. The summed E-state index contributed by atoms with van der Waals surface area (Å²) in [7, 11) is 0. The number of hydrogen-bond acceptors (Lipinski definition) is 4. The minimum Gasteiger partial charge on any atom is -0.489 e. The first-order valence-corrected chi connectivity index (χ1v) is 6.29. The number of nitrogens with two attached hydrogens (primary N) is 1. The number of pyridine rings is 1. The smallest absolute Gasteiger partial charge is 0.188 e. The van der Waals surface area contributed by atoms with Gasteiger partial charge in [-0.3, -0.25) is 0 Å². The van der Waals surface area contributed by atoms with Gasteiger partial charge in [-0.15, -0.1) is 0 Å². The Morgan fingerprint density at radius 3 is 2.94 bits per heavy atom. The van der Waals surface area contributed by atoms with Crippen molar-refractivity contribution < 1.29 is 9.94 Å². The number of ether oxygens (including phenoxy) is 1. The van der Waals surface area contributed by atoms with Gasteiger partial charge in [0.1, 0.15) is 11.4 Å². The zero-order chi connectivity index (χ0) is 13.0. The molecule has 0 bridgehead atoms. The molecule has 3 N–H and O–H groups in total. The monoisotopic (exact) mass is 249 g/mol. The first-order chi connectivity index (χ1) is 8.69. The van der Waals surface area contributed by atoms with Gasteiger partial charge in [0, 0.05) is 0 Å². The number of rotatable bonds is 3. The van der Waals surface area contributed by atoms with Crippen LogP contribution in [-0.2, 0) is 0 Å². The first-order valence-electron chi connectivity index (χ1n) is 6.29. The van der Waals surface area contributed by atoms with Gasteiger partial charge in [0.05, 0.1) is 12.3 Å². The Bertz CT molecular complexity index is 417. The fraction of sp³-hybridized carbons (Fsp3) is 0.538. The summed E-state index contributed by atoms with van der Waals surface area (Å²) >= 11 is 0. The molecule has 2 atom stereocenters. The summed E-state index contributed by atoms with van der Waals surface area (Å²) in [5.41, 5.74) is 5.89. The quantitative estimate of drug-likeness (QED) is 0.372. The van der Waals surface area contributed by atoms with E-state index in [1.807, 2.05) is 0 Å². The predicted octanol–water partition coefficient (Wildman–Crippen LogP) is 2.13. The van der Waals surface area contributed by atoms with Crippen molar-refractivity contribution in [3.05, 3.63) is 24.0 Å². The zero-order valence-electron chi connectivity index (χ0n) is 10.5. The van der Waals surface area contributed by atoms with Crippen LogP contribution in [0, 0.1) is 5.92 Å². The first kappa shape index (κ1) is 12.7. The Balaban J connectivity index is 1.97. The lowest BCUT2D eigenvalue weighted by Crippen LogP contribution is -2.24. The van der Waals surface area contributed by atoms with E-state index in [0.29, 0.717) is 5.69 Å². The van der Waals surface area contributed by atoms with Crippen molar-refractivity contribution in [3.8, 4) is 5.75 Å². The van der Waals surface area contributed by atoms with E-state index < -0.39 is 0 Å². The molecule has 1 saturated carbocycles. The van der Waals surface area contributed by atoms with Crippen LogP contribution < -0.4 is 10.5 Å². The molecular weight excluding hydrogens is 230 g/mol. The summed E-state index contributed by atoms with van der Waals surface area (Å²) in [5.74, 6) is 1.48. The SMILES string of the molecule is CC1CCCC(Oc2ccc(/C(N)=N/O)nc2)C1. The van der Waals surface area contributed by atoms with Crippen LogP contribution in [0.3, 0.4) is 0 Å². The Hall–Kier alpha value is -1.78. The largest absolute Gasteiger partial charge is 0.489 e. The molecule has 0 radical (unpaired) electrons. The number of oxime groups is 1. The summed E-state index contributed by atoms with van der Waals surface area (Å²) < 4.78 is 5.89. The molecule has 0 spiro atoms. The molecule has 0 saturated heterocycles. The van der Waals surface area contributed by atoms with Crippen LogP contribution in [0.4, 0.5) is 0 Å². The molecule has 1 fully saturated rings. The Morgan fingerprint density at radius 2 is 2.33 bits per heavy atom. The molecule has 18 heavy (non-hydrogen) atoms. The molecule has 1 aromatic rings. The third-order valence-corrected chi connectivity index (χ3v) is 3.30. The molecule has 5 nitrogen and oxygen atoms in total. The Morgan fingerprint density at radius 1 is 1.50 bits per heavy atom. The van der Waals surface area contributed by atoms with Gasteiger partial charge in [-0.05, 0) is 37.3 Å². The molecule has 2 rings (SSSR count). The molecule has 0 aliphatic heterocycles. The van der Waals surface area contributed by atoms with Crippen molar-refractivity contribution in [2.24, 2.45) is 16.8 Å². The third kappa shape index (κ3) is 3.12. The highest BCUT2D eigenvalue weighted by Gasteiger charge is 2.20. The van der Waals surface area contributed by atoms with Gasteiger partial charge in [-0.25, -0.2) is 4.98 Å². The van der Waals surface area contributed by atoms with Crippen LogP contribution in [-0.4, -0.2) is 22.1 Å². The van der Waals surface area contributed by atoms with Crippen molar-refractivity contribution in [2.75, 3.05) is 0 Å². The molecule has 1 aliphatic rings. The summed E-state index contributed by atoms with van der Waals surface area (Å²) in [4.78, 5) is 4.09. The van der Waals surface area contributed by atoms with Crippen molar-refractivity contribution >= 4 is 5.84 Å². The van der Waals surface area contributed by atoms with Crippen molar-refractivity contribution in [2.45, 2.75) is 38.7 Å². The van der Waals surface area contributed by atoms with Crippen LogP contribution >= 0.6 is 0 Å². The lowest BCUT2D eigenvalue weighted by atomic mass is 9.89. The average molecular weight is 249 g/mol. The summed E-state index contributed by atoms with van der Waals surface area (Å²) in [5, 5.41) is 11.4. The molecule has 0 aromatic carbocycles. The fourth-order valence-corrected chi connectivity index (χ4v) is 2.33. The van der Waals surface area contributed by atoms with Gasteiger partial charge < -0.3 is 15.7 Å². The van der Waals surface area contributed by atoms with Gasteiger partial charge in [-0.2, -0.15) is 0 Å². The van der Waals surface area contributed by atoms with E-state index in [9.17, 15) is 0 Å². The maximum absolute atomic E-state index is 8.54. The highest BCUT2D eigenvalue weighted by molar-refractivity contribution is 5.95. The Labute approximate surface area is 107 Å². The number of amidine groups is 1. The molecule has 1 aromatic heterocycles. The molecule has 5 heteroatoms. The van der Waals surface area contributed by atoms with E-state index in [4.69, 9.17) is 15.7 Å². The van der Waals surface area contributed by atoms with Crippen LogP contribution in [0.25, 0.3) is 0 Å². The summed E-state index contributed by atoms with van der Waals surface area (Å²) in [6, 6.07) is 3.50. The maximum atomic E-state index is 8.54. The molecule has 1 heterocycles. The normalized spacial score (nSPS) is 24.8. The van der Waals surface area contributed by atoms with Gasteiger partial charge in [0.25, 0.3) is 0 Å². The number of nitrogens with zero attached hydrogens (tertiary/aromatic N) is 2. The van der Waals surface area contributed by atoms with Crippen LogP contribution in [0.1, 0.15) is 38.3 Å². The predicted molar refractivity (Wildman–Crippen MR) is 68.8 cm³/mol. The third-order valence-electron chi connectivity index (χ3n) is 3.30. The average Bonchev–Trinajstić information content (AvgIpc) is 2.39. The van der Waals surface area contributed by atoms with Crippen LogP contribution in [0.15, 0.2) is 23.5 Å². The second kappa shape index (κ2) is 5.71. The molecule has 1 aliphatic carbocycles. The van der Waals surface area contributed by atoms with E-state index >= 15 is 0 Å². The Kier molecular flexibility index (Phi) is 4.02. The van der Waals surface area contributed by atoms with E-state index in [1.165, 1.54) is 12.8 Å². The van der Waals surface area contributed by atoms with Gasteiger partial charge in [0.2, 0.25) is 0 Å². The van der Waals surface area contributed by atoms with Crippen LogP contribution in [0.2, 0.25) is 0 Å². The van der Waals surface area contributed by atoms with Crippen molar-refractivity contribution in [1.82, 2.24) is 4.98 Å². The van der Waals surface area contributed by atoms with E-state index in [-0.39, 0.29) is 11.9 Å². The van der Waals surface area contributed by atoms with Crippen molar-refractivity contribution in [3.63, 3.8) is 0 Å². The van der Waals surface area contributed by atoms with E-state index in [2.05, 4.69) is 17.1 Å². The summed E-state index contributed by atoms with van der Waals surface area (Å²) in [6.45, 7) is 2.26. The molecular formula is C13H19N3O2. The number of hydrogen-bond donors (Lipinski definition) is 2. The lowest BCUT2D eigenvalue weighted by molar-refractivity contribution is 0.129. The van der Waals surface area contributed by atoms with Gasteiger partial charge in [-0.1, -0.05) is 18.5 Å². The number of aromatic nitrogens is 1. The second-order valence-electron chi connectivity index (χ2n) is 4.88. The molecule has 98 valence electrons. The van der Waals surface area contributed by atoms with Gasteiger partial charge >= 0.3 is 0 Å². The molecule has 2 unspecified atom stereocenters. The van der Waals surface area contributed by atoms with Crippen LogP contribution in [0.5, 0.6) is 5.75 Å². The van der Waals surface area contributed by atoms with E-state index in [1.54, 1.807) is 18.3 Å². The highest BCUT2D eigenvalue weighted by atomic mass is 16.5. The fourth-order valence-electron chi connectivity index (χ4n) is 2.33. The lowest BCUT2D eigenvalue weighted by Gasteiger charge is -2.27. The highest BCUT2D eigenvalue weighted by Crippen LogP contribution is 2.27. The topological polar surface area (TPSA) is 80.7 Å². The maximum Gasteiger partial charge on any atom is 0.188 e. The minimum absolute atomic E-state index is 0.00726. The van der Waals surface area contributed by atoms with Crippen molar-refractivity contribution in [1.29, 1.82) is 0 Å². The standard InChI is InChI=1S/C13H19N3O2/c1-9-3-2-4-10(7-9)18-11-5-6-12(15-8-11)13(14)16-17/h5-6,8-10,17H,2-4,7H2,1H3,(H2,14,16). The zero-order valence-corrected chi connectivity index (χ0v) is 10.5. The minimum atomic E-state index is 0.00726. The second-order valence-corrected chi connectivity index (χ2v) is 4.88.